The maximum absolute atomic E-state index is 12.1. The molecule has 104 valence electrons. The van der Waals surface area contributed by atoms with Gasteiger partial charge in [0.25, 0.3) is 11.6 Å². The monoisotopic (exact) mass is 275 g/mol. The number of phenolic OH excluding ortho intramolecular Hbond substituents is 1. The van der Waals surface area contributed by atoms with Crippen LogP contribution in [0.25, 0.3) is 0 Å². The molecule has 0 radical (unpaired) electrons. The minimum atomic E-state index is -0.544. The number of aromatic nitrogens is 1. The van der Waals surface area contributed by atoms with Crippen LogP contribution in [0.5, 0.6) is 5.75 Å². The van der Waals surface area contributed by atoms with Crippen LogP contribution in [0, 0.1) is 10.1 Å². The van der Waals surface area contributed by atoms with E-state index in [9.17, 15) is 20.0 Å². The number of carbonyl (C=O) groups excluding carboxylic acids is 1. The Bertz CT molecular complexity index is 663. The van der Waals surface area contributed by atoms with Gasteiger partial charge in [0.2, 0.25) is 0 Å². The topological polar surface area (TPSA) is 97.4 Å². The number of nitro groups is 1. The van der Waals surface area contributed by atoms with Crippen molar-refractivity contribution < 1.29 is 14.8 Å². The molecule has 0 unspecified atom stereocenters. The summed E-state index contributed by atoms with van der Waals surface area (Å²) in [5.41, 5.74) is 0.483. The Hall–Kier alpha value is -2.83. The molecule has 7 heteroatoms. The third kappa shape index (κ3) is 2.77. The number of phenols is 1. The fraction of sp³-hybridized carbons (Fsp3) is 0.154. The third-order valence-corrected chi connectivity index (χ3v) is 2.77. The number of benzene rings is 1. The van der Waals surface area contributed by atoms with E-state index in [4.69, 9.17) is 0 Å². The molecule has 2 N–H and O–H groups in total. The summed E-state index contributed by atoms with van der Waals surface area (Å²) in [6, 6.07) is 7.31. The Morgan fingerprint density at radius 2 is 2.20 bits per heavy atom. The first-order valence-electron chi connectivity index (χ1n) is 5.96. The standard InChI is InChI=1S/C13H13N3O4/c1-2-15-8-10(16(19)20)7-12(15)13(18)14-9-4-3-5-11(17)6-9/h3-8,17H,2H2,1H3,(H,14,18). The highest BCUT2D eigenvalue weighted by molar-refractivity contribution is 6.03. The van der Waals surface area contributed by atoms with E-state index in [0.29, 0.717) is 12.2 Å². The van der Waals surface area contributed by atoms with Crippen molar-refractivity contribution in [2.75, 3.05) is 5.32 Å². The number of carbonyl (C=O) groups is 1. The molecular weight excluding hydrogens is 262 g/mol. The molecule has 0 saturated heterocycles. The molecule has 0 aliphatic carbocycles. The van der Waals surface area contributed by atoms with E-state index in [2.05, 4.69) is 5.32 Å². The van der Waals surface area contributed by atoms with Crippen molar-refractivity contribution in [1.82, 2.24) is 4.57 Å². The number of hydrogen-bond acceptors (Lipinski definition) is 4. The zero-order valence-electron chi connectivity index (χ0n) is 10.7. The maximum Gasteiger partial charge on any atom is 0.287 e. The lowest BCUT2D eigenvalue weighted by atomic mass is 10.3. The quantitative estimate of drug-likeness (QED) is 0.661. The summed E-state index contributed by atoms with van der Waals surface area (Å²) in [6.45, 7) is 2.23. The molecule has 0 fully saturated rings. The number of hydrogen-bond donors (Lipinski definition) is 2. The highest BCUT2D eigenvalue weighted by Crippen LogP contribution is 2.20. The summed E-state index contributed by atoms with van der Waals surface area (Å²) in [4.78, 5) is 22.3. The van der Waals surface area contributed by atoms with Gasteiger partial charge in [-0.25, -0.2) is 0 Å². The first kappa shape index (κ1) is 13.6. The van der Waals surface area contributed by atoms with Crippen LogP contribution in [-0.4, -0.2) is 20.5 Å². The summed E-state index contributed by atoms with van der Waals surface area (Å²) < 4.78 is 1.50. The van der Waals surface area contributed by atoms with Crippen molar-refractivity contribution in [3.8, 4) is 5.75 Å². The number of amides is 1. The van der Waals surface area contributed by atoms with Crippen LogP contribution >= 0.6 is 0 Å². The van der Waals surface area contributed by atoms with Gasteiger partial charge in [0.05, 0.1) is 11.1 Å². The Morgan fingerprint density at radius 1 is 1.45 bits per heavy atom. The molecule has 1 amide bonds. The van der Waals surface area contributed by atoms with E-state index in [-0.39, 0.29) is 17.1 Å². The van der Waals surface area contributed by atoms with Gasteiger partial charge in [-0.05, 0) is 19.1 Å². The van der Waals surface area contributed by atoms with Gasteiger partial charge in [-0.3, -0.25) is 14.9 Å². The molecular formula is C13H13N3O4. The van der Waals surface area contributed by atoms with Gasteiger partial charge in [0, 0.05) is 24.4 Å². The molecule has 0 saturated carbocycles. The van der Waals surface area contributed by atoms with E-state index in [1.54, 1.807) is 19.1 Å². The number of rotatable bonds is 4. The van der Waals surface area contributed by atoms with Crippen molar-refractivity contribution in [3.63, 3.8) is 0 Å². The molecule has 20 heavy (non-hydrogen) atoms. The fourth-order valence-corrected chi connectivity index (χ4v) is 1.83. The highest BCUT2D eigenvalue weighted by atomic mass is 16.6. The van der Waals surface area contributed by atoms with Crippen molar-refractivity contribution in [1.29, 1.82) is 0 Å². The predicted octanol–water partition coefficient (Wildman–Crippen LogP) is 2.37. The Morgan fingerprint density at radius 3 is 2.80 bits per heavy atom. The summed E-state index contributed by atoms with van der Waals surface area (Å²) in [5.74, 6) is -0.440. The summed E-state index contributed by atoms with van der Waals surface area (Å²) in [7, 11) is 0. The Labute approximate surface area is 114 Å². The van der Waals surface area contributed by atoms with Crippen molar-refractivity contribution in [2.45, 2.75) is 13.5 Å². The number of aryl methyl sites for hydroxylation is 1. The van der Waals surface area contributed by atoms with Crippen molar-refractivity contribution >= 4 is 17.3 Å². The molecule has 1 aromatic heterocycles. The number of aromatic hydroxyl groups is 1. The summed E-state index contributed by atoms with van der Waals surface area (Å²) in [6.07, 6.45) is 1.32. The molecule has 0 aliphatic heterocycles. The van der Waals surface area contributed by atoms with Gasteiger partial charge in [0.15, 0.2) is 0 Å². The van der Waals surface area contributed by atoms with Crippen LogP contribution in [0.3, 0.4) is 0 Å². The maximum atomic E-state index is 12.1. The molecule has 0 aliphatic rings. The van der Waals surface area contributed by atoms with Gasteiger partial charge in [-0.2, -0.15) is 0 Å². The van der Waals surface area contributed by atoms with Gasteiger partial charge >= 0.3 is 0 Å². The van der Waals surface area contributed by atoms with Gasteiger partial charge in [-0.15, -0.1) is 0 Å². The zero-order chi connectivity index (χ0) is 14.7. The molecule has 7 nitrogen and oxygen atoms in total. The molecule has 0 atom stereocenters. The second kappa shape index (κ2) is 5.43. The van der Waals surface area contributed by atoms with Crippen LogP contribution in [0.4, 0.5) is 11.4 Å². The molecule has 2 rings (SSSR count). The number of anilines is 1. The van der Waals surface area contributed by atoms with Crippen LogP contribution in [0.1, 0.15) is 17.4 Å². The van der Waals surface area contributed by atoms with E-state index in [0.717, 1.165) is 0 Å². The lowest BCUT2D eigenvalue weighted by Gasteiger charge is -2.07. The fourth-order valence-electron chi connectivity index (χ4n) is 1.83. The van der Waals surface area contributed by atoms with E-state index in [1.807, 2.05) is 0 Å². The average molecular weight is 275 g/mol. The van der Waals surface area contributed by atoms with Crippen LogP contribution in [-0.2, 0) is 6.54 Å². The number of nitrogens with one attached hydrogen (secondary N) is 1. The smallest absolute Gasteiger partial charge is 0.287 e. The predicted molar refractivity (Wildman–Crippen MR) is 72.8 cm³/mol. The summed E-state index contributed by atoms with van der Waals surface area (Å²) in [5, 5.41) is 22.6. The second-order valence-electron chi connectivity index (χ2n) is 4.13. The molecule has 1 heterocycles. The first-order chi connectivity index (χ1) is 9.51. The lowest BCUT2D eigenvalue weighted by Crippen LogP contribution is -2.16. The van der Waals surface area contributed by atoms with Crippen molar-refractivity contribution in [2.24, 2.45) is 0 Å². The number of nitrogens with zero attached hydrogens (tertiary/aromatic N) is 2. The largest absolute Gasteiger partial charge is 0.508 e. The Kier molecular flexibility index (Phi) is 3.69. The lowest BCUT2D eigenvalue weighted by molar-refractivity contribution is -0.384. The van der Waals surface area contributed by atoms with Gasteiger partial charge < -0.3 is 15.0 Å². The van der Waals surface area contributed by atoms with Gasteiger partial charge in [0.1, 0.15) is 11.4 Å². The molecule has 0 bridgehead atoms. The van der Waals surface area contributed by atoms with Crippen molar-refractivity contribution in [3.05, 3.63) is 52.3 Å². The molecule has 0 spiro atoms. The van der Waals surface area contributed by atoms with Crippen LogP contribution in [0.2, 0.25) is 0 Å². The second-order valence-corrected chi connectivity index (χ2v) is 4.13. The van der Waals surface area contributed by atoms with Crippen LogP contribution < -0.4 is 5.32 Å². The normalized spacial score (nSPS) is 10.2. The highest BCUT2D eigenvalue weighted by Gasteiger charge is 2.18. The average Bonchev–Trinajstić information content (AvgIpc) is 2.83. The third-order valence-electron chi connectivity index (χ3n) is 2.77. The van der Waals surface area contributed by atoms with E-state index < -0.39 is 10.8 Å². The molecule has 2 aromatic rings. The first-order valence-corrected chi connectivity index (χ1v) is 5.96. The zero-order valence-corrected chi connectivity index (χ0v) is 10.7. The Balaban J connectivity index is 2.27. The van der Waals surface area contributed by atoms with E-state index in [1.165, 1.54) is 29.0 Å². The minimum absolute atomic E-state index is 0.0275. The molecule has 1 aromatic carbocycles. The van der Waals surface area contributed by atoms with Crippen LogP contribution in [0.15, 0.2) is 36.5 Å². The van der Waals surface area contributed by atoms with Gasteiger partial charge in [-0.1, -0.05) is 6.07 Å². The minimum Gasteiger partial charge on any atom is -0.508 e. The summed E-state index contributed by atoms with van der Waals surface area (Å²) >= 11 is 0. The van der Waals surface area contributed by atoms with E-state index >= 15 is 0 Å². The SMILES string of the molecule is CCn1cc([N+](=O)[O-])cc1C(=O)Nc1cccc(O)c1.